The average molecular weight is 328 g/mol. The van der Waals surface area contributed by atoms with Crippen LogP contribution in [0.1, 0.15) is 42.9 Å². The summed E-state index contributed by atoms with van der Waals surface area (Å²) in [6.45, 7) is 13.8. The summed E-state index contributed by atoms with van der Waals surface area (Å²) >= 11 is 0. The molecule has 0 unspecified atom stereocenters. The van der Waals surface area contributed by atoms with Gasteiger partial charge in [0.05, 0.1) is 5.52 Å². The second-order valence-corrected chi connectivity index (χ2v) is 7.37. The van der Waals surface area contributed by atoms with Crippen LogP contribution in [0.3, 0.4) is 0 Å². The van der Waals surface area contributed by atoms with Crippen LogP contribution in [0.15, 0.2) is 18.3 Å². The van der Waals surface area contributed by atoms with Crippen LogP contribution in [-0.4, -0.2) is 42.2 Å². The van der Waals surface area contributed by atoms with E-state index in [1.807, 2.05) is 0 Å². The van der Waals surface area contributed by atoms with Crippen LogP contribution in [0.25, 0.3) is 10.9 Å². The lowest BCUT2D eigenvalue weighted by Crippen LogP contribution is -2.43. The van der Waals surface area contributed by atoms with Crippen LogP contribution in [0.4, 0.5) is 0 Å². The summed E-state index contributed by atoms with van der Waals surface area (Å²) in [6.07, 6.45) is 7.41. The minimum atomic E-state index is 1.15. The first-order valence-electron chi connectivity index (χ1n) is 9.71. The number of benzene rings is 1. The first-order valence-corrected chi connectivity index (χ1v) is 9.71. The Morgan fingerprint density at radius 3 is 2.58 bits per heavy atom. The Bertz CT molecular complexity index is 665. The molecule has 0 aliphatic carbocycles. The molecule has 1 aromatic heterocycles. The molecule has 1 N–H and O–H groups in total. The monoisotopic (exact) mass is 327 g/mol. The summed E-state index contributed by atoms with van der Waals surface area (Å²) in [5.74, 6) is 0. The molecule has 24 heavy (non-hydrogen) atoms. The highest BCUT2D eigenvalue weighted by atomic mass is 15.2. The van der Waals surface area contributed by atoms with E-state index in [1.54, 1.807) is 5.56 Å². The topological polar surface area (TPSA) is 20.2 Å². The minimum absolute atomic E-state index is 1.15. The Labute approximate surface area is 147 Å². The predicted octanol–water partition coefficient (Wildman–Crippen LogP) is 3.90. The standard InChI is InChI=1S/C21H33N3/c1-4-5-11-24-16-19(7-6-10-23-12-8-22-9-13-23)20-15-17(2)14-18(3)21(20)24/h14-16,22H,4-13H2,1-3H3. The second kappa shape index (κ2) is 8.17. The van der Waals surface area contributed by atoms with Crippen molar-refractivity contribution in [2.24, 2.45) is 0 Å². The number of aromatic nitrogens is 1. The lowest BCUT2D eigenvalue weighted by molar-refractivity contribution is 0.238. The average Bonchev–Trinajstić information content (AvgIpc) is 2.92. The van der Waals surface area contributed by atoms with Gasteiger partial charge in [-0.3, -0.25) is 0 Å². The first-order chi connectivity index (χ1) is 11.7. The zero-order valence-electron chi connectivity index (χ0n) is 15.7. The Hall–Kier alpha value is -1.32. The second-order valence-electron chi connectivity index (χ2n) is 7.37. The van der Waals surface area contributed by atoms with Gasteiger partial charge >= 0.3 is 0 Å². The number of nitrogens with zero attached hydrogens (tertiary/aromatic N) is 2. The molecule has 0 atom stereocenters. The molecule has 1 aliphatic heterocycles. The Balaban J connectivity index is 1.76. The Kier molecular flexibility index (Phi) is 5.96. The Morgan fingerprint density at radius 2 is 1.83 bits per heavy atom. The fourth-order valence-corrected chi connectivity index (χ4v) is 4.04. The molecule has 0 spiro atoms. The highest BCUT2D eigenvalue weighted by molar-refractivity contribution is 5.87. The number of nitrogens with one attached hydrogen (secondary N) is 1. The molecule has 3 nitrogen and oxygen atoms in total. The molecule has 1 saturated heterocycles. The number of aryl methyl sites for hydroxylation is 4. The van der Waals surface area contributed by atoms with Crippen LogP contribution in [-0.2, 0) is 13.0 Å². The molecule has 0 saturated carbocycles. The molecule has 0 bridgehead atoms. The fourth-order valence-electron chi connectivity index (χ4n) is 4.04. The van der Waals surface area contributed by atoms with Gasteiger partial charge in [-0.25, -0.2) is 0 Å². The van der Waals surface area contributed by atoms with E-state index in [2.05, 4.69) is 53.9 Å². The summed E-state index contributed by atoms with van der Waals surface area (Å²) in [5, 5.41) is 4.93. The van der Waals surface area contributed by atoms with Crippen molar-refractivity contribution in [2.75, 3.05) is 32.7 Å². The quantitative estimate of drug-likeness (QED) is 0.832. The largest absolute Gasteiger partial charge is 0.347 e. The molecule has 1 aromatic carbocycles. The molecule has 0 radical (unpaired) electrons. The van der Waals surface area contributed by atoms with Crippen LogP contribution in [0.2, 0.25) is 0 Å². The van der Waals surface area contributed by atoms with Crippen LogP contribution in [0.5, 0.6) is 0 Å². The number of rotatable bonds is 7. The van der Waals surface area contributed by atoms with Gasteiger partial charge in [0.2, 0.25) is 0 Å². The van der Waals surface area contributed by atoms with Gasteiger partial charge in [0, 0.05) is 44.3 Å². The van der Waals surface area contributed by atoms with E-state index in [-0.39, 0.29) is 0 Å². The van der Waals surface area contributed by atoms with E-state index in [0.29, 0.717) is 0 Å². The van der Waals surface area contributed by atoms with Crippen molar-refractivity contribution in [1.82, 2.24) is 14.8 Å². The van der Waals surface area contributed by atoms with E-state index in [9.17, 15) is 0 Å². The van der Waals surface area contributed by atoms with Gasteiger partial charge in [0.25, 0.3) is 0 Å². The van der Waals surface area contributed by atoms with Crippen molar-refractivity contribution < 1.29 is 0 Å². The van der Waals surface area contributed by atoms with Gasteiger partial charge in [0.15, 0.2) is 0 Å². The maximum Gasteiger partial charge on any atom is 0.0513 e. The number of fused-ring (bicyclic) bond motifs is 1. The van der Waals surface area contributed by atoms with Crippen molar-refractivity contribution in [1.29, 1.82) is 0 Å². The molecular formula is C21H33N3. The number of unbranched alkanes of at least 4 members (excludes halogenated alkanes) is 1. The van der Waals surface area contributed by atoms with Gasteiger partial charge in [-0.2, -0.15) is 0 Å². The summed E-state index contributed by atoms with van der Waals surface area (Å²) < 4.78 is 2.51. The minimum Gasteiger partial charge on any atom is -0.347 e. The van der Waals surface area contributed by atoms with Crippen LogP contribution in [0, 0.1) is 13.8 Å². The third-order valence-corrected chi connectivity index (χ3v) is 5.27. The Morgan fingerprint density at radius 1 is 1.04 bits per heavy atom. The number of hydrogen-bond donors (Lipinski definition) is 1. The summed E-state index contributed by atoms with van der Waals surface area (Å²) in [6, 6.07) is 4.72. The smallest absolute Gasteiger partial charge is 0.0513 e. The summed E-state index contributed by atoms with van der Waals surface area (Å²) in [5.41, 5.74) is 5.82. The van der Waals surface area contributed by atoms with Crippen molar-refractivity contribution in [3.05, 3.63) is 35.0 Å². The molecule has 2 aromatic rings. The lowest BCUT2D eigenvalue weighted by Gasteiger charge is -2.26. The maximum absolute atomic E-state index is 3.44. The summed E-state index contributed by atoms with van der Waals surface area (Å²) in [7, 11) is 0. The van der Waals surface area contributed by atoms with E-state index >= 15 is 0 Å². The molecule has 2 heterocycles. The molecule has 1 fully saturated rings. The highest BCUT2D eigenvalue weighted by Gasteiger charge is 2.13. The summed E-state index contributed by atoms with van der Waals surface area (Å²) in [4.78, 5) is 2.60. The zero-order valence-corrected chi connectivity index (χ0v) is 15.7. The van der Waals surface area contributed by atoms with Gasteiger partial charge in [-0.1, -0.05) is 25.0 Å². The third-order valence-electron chi connectivity index (χ3n) is 5.27. The highest BCUT2D eigenvalue weighted by Crippen LogP contribution is 2.27. The van der Waals surface area contributed by atoms with Crippen molar-refractivity contribution in [3.8, 4) is 0 Å². The van der Waals surface area contributed by atoms with Gasteiger partial charge < -0.3 is 14.8 Å². The van der Waals surface area contributed by atoms with E-state index in [4.69, 9.17) is 0 Å². The van der Waals surface area contributed by atoms with Crippen molar-refractivity contribution in [3.63, 3.8) is 0 Å². The maximum atomic E-state index is 3.44. The molecule has 132 valence electrons. The van der Waals surface area contributed by atoms with E-state index in [0.717, 1.165) is 19.6 Å². The molecule has 1 aliphatic rings. The third kappa shape index (κ3) is 4.01. The first kappa shape index (κ1) is 17.5. The molecule has 0 amide bonds. The van der Waals surface area contributed by atoms with Gasteiger partial charge in [-0.05, 0) is 56.8 Å². The van der Waals surface area contributed by atoms with Crippen LogP contribution < -0.4 is 5.32 Å². The van der Waals surface area contributed by atoms with E-state index < -0.39 is 0 Å². The number of piperazine rings is 1. The van der Waals surface area contributed by atoms with Crippen molar-refractivity contribution in [2.45, 2.75) is 53.0 Å². The normalized spacial score (nSPS) is 16.1. The lowest BCUT2D eigenvalue weighted by atomic mass is 10.0. The predicted molar refractivity (Wildman–Crippen MR) is 104 cm³/mol. The van der Waals surface area contributed by atoms with Crippen molar-refractivity contribution >= 4 is 10.9 Å². The fraction of sp³-hybridized carbons (Fsp3) is 0.619. The van der Waals surface area contributed by atoms with Gasteiger partial charge in [0.1, 0.15) is 0 Å². The van der Waals surface area contributed by atoms with Gasteiger partial charge in [-0.15, -0.1) is 0 Å². The molecule has 3 rings (SSSR count). The van der Waals surface area contributed by atoms with E-state index in [1.165, 1.54) is 67.3 Å². The van der Waals surface area contributed by atoms with Crippen LogP contribution >= 0.6 is 0 Å². The molecular weight excluding hydrogens is 294 g/mol. The zero-order chi connectivity index (χ0) is 16.9. The SMILES string of the molecule is CCCCn1cc(CCCN2CCNCC2)c2cc(C)cc(C)c21. The number of hydrogen-bond acceptors (Lipinski definition) is 2. The molecule has 3 heteroatoms.